The molecule has 18 heavy (non-hydrogen) atoms. The summed E-state index contributed by atoms with van der Waals surface area (Å²) >= 11 is 5.98. The maximum Gasteiger partial charge on any atom is 0.236 e. The van der Waals surface area contributed by atoms with E-state index in [1.807, 2.05) is 17.0 Å². The molecular formula is C13H17ClN2O2. The highest BCUT2D eigenvalue weighted by molar-refractivity contribution is 6.30. The van der Waals surface area contributed by atoms with E-state index in [4.69, 9.17) is 16.3 Å². The molecule has 0 radical (unpaired) electrons. The number of halogens is 1. The van der Waals surface area contributed by atoms with Crippen molar-refractivity contribution in [2.75, 3.05) is 33.3 Å². The van der Waals surface area contributed by atoms with E-state index in [-0.39, 0.29) is 5.91 Å². The Hall–Kier alpha value is -1.26. The van der Waals surface area contributed by atoms with Crippen LogP contribution in [-0.2, 0) is 11.2 Å². The van der Waals surface area contributed by atoms with Gasteiger partial charge in [0, 0.05) is 24.7 Å². The van der Waals surface area contributed by atoms with Crippen LogP contribution in [-0.4, -0.2) is 44.1 Å². The number of methoxy groups -OCH3 is 1. The van der Waals surface area contributed by atoms with Gasteiger partial charge >= 0.3 is 0 Å². The van der Waals surface area contributed by atoms with Crippen LogP contribution in [0.4, 0.5) is 0 Å². The van der Waals surface area contributed by atoms with Crippen LogP contribution in [0.1, 0.15) is 5.56 Å². The molecule has 0 aliphatic carbocycles. The number of nitrogens with zero attached hydrogens (tertiary/aromatic N) is 1. The highest BCUT2D eigenvalue weighted by Crippen LogP contribution is 2.23. The summed E-state index contributed by atoms with van der Waals surface area (Å²) in [5.74, 6) is 0.976. The van der Waals surface area contributed by atoms with Crippen LogP contribution in [0.15, 0.2) is 18.2 Å². The summed E-state index contributed by atoms with van der Waals surface area (Å²) in [5, 5.41) is 3.75. The van der Waals surface area contributed by atoms with Gasteiger partial charge in [-0.05, 0) is 30.2 Å². The highest BCUT2D eigenvalue weighted by atomic mass is 35.5. The number of carbonyl (C=O) groups excluding carboxylic acids is 1. The molecule has 0 saturated carbocycles. The van der Waals surface area contributed by atoms with Gasteiger partial charge in [0.05, 0.1) is 13.7 Å². The molecule has 1 aliphatic rings. The topological polar surface area (TPSA) is 41.6 Å². The molecule has 2 rings (SSSR count). The lowest BCUT2D eigenvalue weighted by Crippen LogP contribution is -2.48. The van der Waals surface area contributed by atoms with Gasteiger partial charge in [0.2, 0.25) is 5.91 Å². The first-order valence-corrected chi connectivity index (χ1v) is 6.39. The summed E-state index contributed by atoms with van der Waals surface area (Å²) in [5.41, 5.74) is 1.04. The lowest BCUT2D eigenvalue weighted by molar-refractivity contribution is -0.131. The average Bonchev–Trinajstić information content (AvgIpc) is 2.38. The average molecular weight is 269 g/mol. The molecule has 0 bridgehead atoms. The third-order valence-electron chi connectivity index (χ3n) is 3.08. The fourth-order valence-corrected chi connectivity index (χ4v) is 2.27. The third-order valence-corrected chi connectivity index (χ3v) is 3.32. The molecule has 0 unspecified atom stereocenters. The van der Waals surface area contributed by atoms with E-state index in [2.05, 4.69) is 5.32 Å². The maximum atomic E-state index is 11.6. The van der Waals surface area contributed by atoms with E-state index in [1.54, 1.807) is 13.2 Å². The minimum atomic E-state index is 0.155. The number of hydrogen-bond acceptors (Lipinski definition) is 3. The Morgan fingerprint density at radius 3 is 3.06 bits per heavy atom. The molecule has 1 amide bonds. The number of carbonyl (C=O) groups is 1. The van der Waals surface area contributed by atoms with Crippen LogP contribution >= 0.6 is 11.6 Å². The molecule has 0 atom stereocenters. The summed E-state index contributed by atoms with van der Waals surface area (Å²) in [7, 11) is 1.64. The lowest BCUT2D eigenvalue weighted by Gasteiger charge is -2.27. The molecular weight excluding hydrogens is 252 g/mol. The molecule has 1 heterocycles. The highest BCUT2D eigenvalue weighted by Gasteiger charge is 2.17. The second-order valence-electron chi connectivity index (χ2n) is 4.26. The molecule has 1 fully saturated rings. The summed E-state index contributed by atoms with van der Waals surface area (Å²) in [6, 6.07) is 5.56. The van der Waals surface area contributed by atoms with Crippen molar-refractivity contribution in [2.24, 2.45) is 0 Å². The largest absolute Gasteiger partial charge is 0.496 e. The second-order valence-corrected chi connectivity index (χ2v) is 4.70. The molecule has 1 aromatic carbocycles. The van der Waals surface area contributed by atoms with E-state index in [0.717, 1.165) is 30.8 Å². The Labute approximate surface area is 112 Å². The number of hydrogen-bond donors (Lipinski definition) is 1. The van der Waals surface area contributed by atoms with Gasteiger partial charge in [-0.1, -0.05) is 11.6 Å². The molecule has 5 heteroatoms. The molecule has 1 aromatic rings. The first kappa shape index (κ1) is 13.2. The molecule has 4 nitrogen and oxygen atoms in total. The molecule has 0 spiro atoms. The van der Waals surface area contributed by atoms with Crippen LogP contribution < -0.4 is 10.1 Å². The van der Waals surface area contributed by atoms with Gasteiger partial charge in [0.15, 0.2) is 0 Å². The summed E-state index contributed by atoms with van der Waals surface area (Å²) in [6.45, 7) is 2.77. The van der Waals surface area contributed by atoms with Gasteiger partial charge in [-0.3, -0.25) is 4.79 Å². The standard InChI is InChI=1S/C13H17ClN2O2/c1-18-12-3-2-11(14)8-10(12)4-6-16-7-5-15-9-13(16)17/h2-3,8,15H,4-7,9H2,1H3. The van der Waals surface area contributed by atoms with Gasteiger partial charge in [-0.15, -0.1) is 0 Å². The Kier molecular flexibility index (Phi) is 4.44. The van der Waals surface area contributed by atoms with Crippen LogP contribution in [0.5, 0.6) is 5.75 Å². The zero-order chi connectivity index (χ0) is 13.0. The normalized spacial score (nSPS) is 15.9. The van der Waals surface area contributed by atoms with E-state index < -0.39 is 0 Å². The van der Waals surface area contributed by atoms with Gasteiger partial charge in [0.25, 0.3) is 0 Å². The van der Waals surface area contributed by atoms with Gasteiger partial charge in [-0.2, -0.15) is 0 Å². The lowest BCUT2D eigenvalue weighted by atomic mass is 10.1. The number of benzene rings is 1. The van der Waals surface area contributed by atoms with Crippen molar-refractivity contribution in [3.63, 3.8) is 0 Å². The molecule has 1 N–H and O–H groups in total. The number of ether oxygens (including phenoxy) is 1. The number of amides is 1. The predicted molar refractivity (Wildman–Crippen MR) is 71.2 cm³/mol. The van der Waals surface area contributed by atoms with Crippen molar-refractivity contribution in [3.8, 4) is 5.75 Å². The zero-order valence-corrected chi connectivity index (χ0v) is 11.2. The van der Waals surface area contributed by atoms with Crippen LogP contribution in [0.25, 0.3) is 0 Å². The van der Waals surface area contributed by atoms with E-state index >= 15 is 0 Å². The van der Waals surface area contributed by atoms with Crippen molar-refractivity contribution in [1.82, 2.24) is 10.2 Å². The Bertz CT molecular complexity index is 437. The summed E-state index contributed by atoms with van der Waals surface area (Å²) in [6.07, 6.45) is 0.759. The molecule has 98 valence electrons. The number of nitrogens with one attached hydrogen (secondary N) is 1. The van der Waals surface area contributed by atoms with E-state index in [9.17, 15) is 4.79 Å². The quantitative estimate of drug-likeness (QED) is 0.896. The fraction of sp³-hybridized carbons (Fsp3) is 0.462. The fourth-order valence-electron chi connectivity index (χ4n) is 2.08. The van der Waals surface area contributed by atoms with E-state index in [1.165, 1.54) is 0 Å². The van der Waals surface area contributed by atoms with Crippen molar-refractivity contribution in [2.45, 2.75) is 6.42 Å². The third kappa shape index (κ3) is 3.15. The van der Waals surface area contributed by atoms with Gasteiger partial charge in [-0.25, -0.2) is 0 Å². The first-order valence-electron chi connectivity index (χ1n) is 6.01. The Balaban J connectivity index is 2.00. The maximum absolute atomic E-state index is 11.6. The molecule has 0 aromatic heterocycles. The predicted octanol–water partition coefficient (Wildman–Crippen LogP) is 1.32. The first-order chi connectivity index (χ1) is 8.70. The molecule has 1 saturated heterocycles. The Morgan fingerprint density at radius 2 is 2.33 bits per heavy atom. The SMILES string of the molecule is COc1ccc(Cl)cc1CCN1CCNCC1=O. The summed E-state index contributed by atoms with van der Waals surface area (Å²) in [4.78, 5) is 13.5. The smallest absolute Gasteiger partial charge is 0.236 e. The Morgan fingerprint density at radius 1 is 1.50 bits per heavy atom. The van der Waals surface area contributed by atoms with Crippen molar-refractivity contribution in [3.05, 3.63) is 28.8 Å². The minimum absolute atomic E-state index is 0.155. The minimum Gasteiger partial charge on any atom is -0.496 e. The monoisotopic (exact) mass is 268 g/mol. The van der Waals surface area contributed by atoms with Crippen molar-refractivity contribution >= 4 is 17.5 Å². The van der Waals surface area contributed by atoms with Gasteiger partial charge < -0.3 is 15.0 Å². The van der Waals surface area contributed by atoms with Crippen LogP contribution in [0.3, 0.4) is 0 Å². The number of piperazine rings is 1. The zero-order valence-electron chi connectivity index (χ0n) is 10.4. The van der Waals surface area contributed by atoms with Crippen molar-refractivity contribution < 1.29 is 9.53 Å². The molecule has 1 aliphatic heterocycles. The number of rotatable bonds is 4. The van der Waals surface area contributed by atoms with Crippen LogP contribution in [0.2, 0.25) is 5.02 Å². The van der Waals surface area contributed by atoms with E-state index in [0.29, 0.717) is 18.1 Å². The second kappa shape index (κ2) is 6.07. The van der Waals surface area contributed by atoms with Crippen molar-refractivity contribution in [1.29, 1.82) is 0 Å². The van der Waals surface area contributed by atoms with Gasteiger partial charge in [0.1, 0.15) is 5.75 Å². The summed E-state index contributed by atoms with van der Waals surface area (Å²) < 4.78 is 5.29. The van der Waals surface area contributed by atoms with Crippen LogP contribution in [0, 0.1) is 0 Å².